The van der Waals surface area contributed by atoms with Gasteiger partial charge < -0.3 is 30.4 Å². The molecule has 1 aliphatic rings. The van der Waals surface area contributed by atoms with E-state index < -0.39 is 29.6 Å². The van der Waals surface area contributed by atoms with Crippen molar-refractivity contribution in [3.8, 4) is 22.5 Å². The van der Waals surface area contributed by atoms with Gasteiger partial charge in [0, 0.05) is 42.0 Å². The lowest BCUT2D eigenvalue weighted by atomic mass is 10.1. The lowest BCUT2D eigenvalue weighted by Crippen LogP contribution is -2.29. The van der Waals surface area contributed by atoms with Crippen molar-refractivity contribution in [3.05, 3.63) is 54.2 Å². The molecule has 1 amide bonds. The van der Waals surface area contributed by atoms with Gasteiger partial charge >= 0.3 is 5.97 Å². The third-order valence-electron chi connectivity index (χ3n) is 5.33. The molecule has 0 saturated carbocycles. The lowest BCUT2D eigenvalue weighted by Gasteiger charge is -2.17. The Morgan fingerprint density at radius 3 is 2.69 bits per heavy atom. The quantitative estimate of drug-likeness (QED) is 0.333. The third kappa shape index (κ3) is 5.67. The average molecular weight is 483 g/mol. The molecule has 0 radical (unpaired) electrons. The molecule has 1 fully saturated rings. The minimum absolute atomic E-state index is 0.0943. The maximum atomic E-state index is 14.9. The van der Waals surface area contributed by atoms with Crippen LogP contribution in [0, 0.1) is 5.82 Å². The van der Waals surface area contributed by atoms with Crippen LogP contribution in [0.4, 0.5) is 10.1 Å². The SMILES string of the molecule is NCC(=O)OCc1cc(-c2ccc(-c3ccc(N4CO[C@@H](CC(=O)C(N)=O)C4)cc3F)cn2)no1. The van der Waals surface area contributed by atoms with Crippen molar-refractivity contribution in [1.82, 2.24) is 10.1 Å². The number of amides is 1. The van der Waals surface area contributed by atoms with E-state index in [0.29, 0.717) is 40.5 Å². The van der Waals surface area contributed by atoms with Gasteiger partial charge in [0.15, 0.2) is 12.4 Å². The van der Waals surface area contributed by atoms with Crippen molar-refractivity contribution in [2.75, 3.05) is 24.7 Å². The molecule has 0 spiro atoms. The molecular weight excluding hydrogens is 461 g/mol. The number of Topliss-reactive ketones (excluding diaryl/α,β-unsaturated/α-hetero) is 1. The standard InChI is InChI=1S/C23H22FN5O6/c24-18-5-14(29-10-15(34-12-29)7-21(30)23(26)32)2-3-17(18)13-1-4-19(27-9-13)20-6-16(35-28-20)11-33-22(31)8-25/h1-6,9,15H,7-8,10-12,25H2,(H2,26,32)/t15-/m0/s1. The first-order valence-electron chi connectivity index (χ1n) is 10.6. The van der Waals surface area contributed by atoms with E-state index in [1.165, 1.54) is 12.3 Å². The van der Waals surface area contributed by atoms with E-state index in [1.807, 2.05) is 0 Å². The molecule has 3 heterocycles. The number of ether oxygens (including phenoxy) is 2. The van der Waals surface area contributed by atoms with Crippen LogP contribution in [0.25, 0.3) is 22.5 Å². The number of hydrogen-bond acceptors (Lipinski definition) is 10. The molecule has 4 rings (SSSR count). The summed E-state index contributed by atoms with van der Waals surface area (Å²) in [4.78, 5) is 39.7. The number of primary amides is 1. The number of carbonyl (C=O) groups is 3. The summed E-state index contributed by atoms with van der Waals surface area (Å²) in [6.07, 6.45) is 0.913. The first kappa shape index (κ1) is 24.0. The molecule has 12 heteroatoms. The molecule has 1 saturated heterocycles. The largest absolute Gasteiger partial charge is 0.456 e. The Morgan fingerprint density at radius 2 is 2.00 bits per heavy atom. The number of ketones is 1. The monoisotopic (exact) mass is 483 g/mol. The molecule has 0 unspecified atom stereocenters. The topological polar surface area (TPSA) is 164 Å². The molecule has 35 heavy (non-hydrogen) atoms. The summed E-state index contributed by atoms with van der Waals surface area (Å²) in [5.41, 5.74) is 12.6. The minimum atomic E-state index is -1.00. The van der Waals surface area contributed by atoms with Crippen LogP contribution in [0.2, 0.25) is 0 Å². The van der Waals surface area contributed by atoms with Crippen molar-refractivity contribution in [2.45, 2.75) is 19.1 Å². The van der Waals surface area contributed by atoms with Gasteiger partial charge in [-0.2, -0.15) is 0 Å². The Hall–Kier alpha value is -4.16. The van der Waals surface area contributed by atoms with Gasteiger partial charge in [-0.15, -0.1) is 0 Å². The predicted octanol–water partition coefficient (Wildman–Crippen LogP) is 1.15. The van der Waals surface area contributed by atoms with Gasteiger partial charge in [-0.3, -0.25) is 19.4 Å². The summed E-state index contributed by atoms with van der Waals surface area (Å²) in [6.45, 7) is 0.171. The van der Waals surface area contributed by atoms with Gasteiger partial charge in [-0.05, 0) is 24.3 Å². The Labute approximate surface area is 198 Å². The Bertz CT molecular complexity index is 1250. The number of nitrogens with two attached hydrogens (primary N) is 2. The predicted molar refractivity (Wildman–Crippen MR) is 120 cm³/mol. The van der Waals surface area contributed by atoms with E-state index in [2.05, 4.69) is 10.1 Å². The van der Waals surface area contributed by atoms with Crippen molar-refractivity contribution in [2.24, 2.45) is 11.5 Å². The number of rotatable bonds is 9. The molecule has 4 N–H and O–H groups in total. The van der Waals surface area contributed by atoms with Gasteiger partial charge in [0.1, 0.15) is 18.2 Å². The molecule has 11 nitrogen and oxygen atoms in total. The van der Waals surface area contributed by atoms with Crippen molar-refractivity contribution in [1.29, 1.82) is 0 Å². The van der Waals surface area contributed by atoms with Gasteiger partial charge in [0.25, 0.3) is 5.91 Å². The second-order valence-electron chi connectivity index (χ2n) is 7.77. The van der Waals surface area contributed by atoms with Crippen molar-refractivity contribution in [3.63, 3.8) is 0 Å². The highest BCUT2D eigenvalue weighted by Gasteiger charge is 2.27. The van der Waals surface area contributed by atoms with Crippen LogP contribution < -0.4 is 16.4 Å². The number of benzene rings is 1. The lowest BCUT2D eigenvalue weighted by molar-refractivity contribution is -0.143. The van der Waals surface area contributed by atoms with Crippen LogP contribution in [-0.4, -0.2) is 53.7 Å². The van der Waals surface area contributed by atoms with E-state index in [0.717, 1.165) is 0 Å². The summed E-state index contributed by atoms with van der Waals surface area (Å²) < 4.78 is 30.4. The number of esters is 1. The summed E-state index contributed by atoms with van der Waals surface area (Å²) in [5, 5.41) is 3.90. The molecule has 1 aromatic carbocycles. The van der Waals surface area contributed by atoms with Crippen molar-refractivity contribution < 1.29 is 32.8 Å². The van der Waals surface area contributed by atoms with Crippen LogP contribution >= 0.6 is 0 Å². The fraction of sp³-hybridized carbons (Fsp3) is 0.261. The first-order valence-corrected chi connectivity index (χ1v) is 10.6. The number of pyridine rings is 1. The molecule has 3 aromatic rings. The zero-order valence-corrected chi connectivity index (χ0v) is 18.5. The van der Waals surface area contributed by atoms with Gasteiger partial charge in [-0.1, -0.05) is 11.2 Å². The van der Waals surface area contributed by atoms with Gasteiger partial charge in [-0.25, -0.2) is 4.39 Å². The van der Waals surface area contributed by atoms with Crippen LogP contribution in [0.1, 0.15) is 12.2 Å². The average Bonchev–Trinajstić information content (AvgIpc) is 3.52. The number of anilines is 1. The van der Waals surface area contributed by atoms with E-state index in [4.69, 9.17) is 25.5 Å². The van der Waals surface area contributed by atoms with E-state index in [-0.39, 0.29) is 26.3 Å². The highest BCUT2D eigenvalue weighted by Crippen LogP contribution is 2.29. The Balaban J connectivity index is 1.41. The number of aromatic nitrogens is 2. The zero-order chi connectivity index (χ0) is 24.9. The fourth-order valence-corrected chi connectivity index (χ4v) is 3.51. The summed E-state index contributed by atoms with van der Waals surface area (Å²) >= 11 is 0. The number of carbonyl (C=O) groups excluding carboxylic acids is 3. The second-order valence-corrected chi connectivity index (χ2v) is 7.77. The maximum absolute atomic E-state index is 14.9. The normalized spacial score (nSPS) is 15.3. The van der Waals surface area contributed by atoms with Gasteiger partial charge in [0.2, 0.25) is 5.78 Å². The summed E-state index contributed by atoms with van der Waals surface area (Å²) in [6, 6.07) is 9.70. The highest BCUT2D eigenvalue weighted by atomic mass is 19.1. The minimum Gasteiger partial charge on any atom is -0.456 e. The fourth-order valence-electron chi connectivity index (χ4n) is 3.51. The molecule has 0 bridgehead atoms. The van der Waals surface area contributed by atoms with E-state index in [1.54, 1.807) is 35.2 Å². The first-order chi connectivity index (χ1) is 16.8. The zero-order valence-electron chi connectivity index (χ0n) is 18.5. The summed E-state index contributed by atoms with van der Waals surface area (Å²) in [7, 11) is 0. The molecule has 182 valence electrons. The summed E-state index contributed by atoms with van der Waals surface area (Å²) in [5.74, 6) is -2.39. The second kappa shape index (κ2) is 10.4. The Kier molecular flexibility index (Phi) is 7.13. The molecule has 0 aliphatic carbocycles. The van der Waals surface area contributed by atoms with Crippen molar-refractivity contribution >= 4 is 23.3 Å². The number of nitrogens with zero attached hydrogens (tertiary/aromatic N) is 3. The van der Waals surface area contributed by atoms with Crippen LogP contribution in [0.15, 0.2) is 47.1 Å². The molecule has 2 aromatic heterocycles. The number of halogens is 1. The van der Waals surface area contributed by atoms with Crippen LogP contribution in [-0.2, 0) is 30.5 Å². The third-order valence-corrected chi connectivity index (χ3v) is 5.33. The van der Waals surface area contributed by atoms with Crippen LogP contribution in [0.3, 0.4) is 0 Å². The molecule has 1 atom stereocenters. The van der Waals surface area contributed by atoms with E-state index >= 15 is 0 Å². The van der Waals surface area contributed by atoms with Crippen LogP contribution in [0.5, 0.6) is 0 Å². The highest BCUT2D eigenvalue weighted by molar-refractivity contribution is 6.35. The maximum Gasteiger partial charge on any atom is 0.320 e. The molecule has 1 aliphatic heterocycles. The van der Waals surface area contributed by atoms with Gasteiger partial charge in [0.05, 0.1) is 18.3 Å². The Morgan fingerprint density at radius 1 is 1.17 bits per heavy atom. The smallest absolute Gasteiger partial charge is 0.320 e. The number of hydrogen-bond donors (Lipinski definition) is 2. The van der Waals surface area contributed by atoms with E-state index in [9.17, 15) is 18.8 Å². The molecular formula is C23H22FN5O6.